The number of methoxy groups -OCH3 is 1. The molecule has 0 saturated carbocycles. The molecule has 0 amide bonds. The monoisotopic (exact) mass is 369 g/mol. The summed E-state index contributed by atoms with van der Waals surface area (Å²) in [6.45, 7) is 7.91. The Balaban J connectivity index is 2.01. The van der Waals surface area contributed by atoms with E-state index in [0.717, 1.165) is 16.1 Å². The molecule has 7 nitrogen and oxygen atoms in total. The van der Waals surface area contributed by atoms with Crippen molar-refractivity contribution in [3.8, 4) is 11.5 Å². The van der Waals surface area contributed by atoms with E-state index >= 15 is 0 Å². The van der Waals surface area contributed by atoms with E-state index in [1.165, 1.54) is 0 Å². The van der Waals surface area contributed by atoms with Crippen LogP contribution in [0.15, 0.2) is 34.6 Å². The highest BCUT2D eigenvalue weighted by Gasteiger charge is 2.25. The maximum atomic E-state index is 12.6. The van der Waals surface area contributed by atoms with Gasteiger partial charge in [-0.1, -0.05) is 19.6 Å². The predicted molar refractivity (Wildman–Crippen MR) is 103 cm³/mol. The molecule has 0 bridgehead atoms. The van der Waals surface area contributed by atoms with Crippen molar-refractivity contribution in [2.24, 2.45) is 5.92 Å². The Kier molecular flexibility index (Phi) is 4.97. The number of aromatic amines is 1. The van der Waals surface area contributed by atoms with Gasteiger partial charge in [-0.3, -0.25) is 14.7 Å². The van der Waals surface area contributed by atoms with Gasteiger partial charge in [-0.2, -0.15) is 4.68 Å². The number of fused-ring (bicyclic) bond motifs is 1. The van der Waals surface area contributed by atoms with Gasteiger partial charge in [0, 0.05) is 30.3 Å². The first kappa shape index (κ1) is 18.6. The molecule has 0 unspecified atom stereocenters. The van der Waals surface area contributed by atoms with Gasteiger partial charge in [0.05, 0.1) is 18.4 Å². The summed E-state index contributed by atoms with van der Waals surface area (Å²) in [7, 11) is 1.61. The largest absolute Gasteiger partial charge is 0.497 e. The van der Waals surface area contributed by atoms with Crippen molar-refractivity contribution in [1.82, 2.24) is 9.78 Å². The van der Waals surface area contributed by atoms with Crippen LogP contribution in [0, 0.1) is 12.8 Å². The summed E-state index contributed by atoms with van der Waals surface area (Å²) in [5.41, 5.74) is 4.53. The number of ether oxygens (including phenoxy) is 2. The molecular weight excluding hydrogens is 346 g/mol. The molecule has 1 aliphatic heterocycles. The quantitative estimate of drug-likeness (QED) is 0.838. The van der Waals surface area contributed by atoms with Crippen molar-refractivity contribution in [3.05, 3.63) is 51.4 Å². The second-order valence-corrected chi connectivity index (χ2v) is 6.56. The van der Waals surface area contributed by atoms with Crippen molar-refractivity contribution in [1.29, 1.82) is 0 Å². The smallest absolute Gasteiger partial charge is 0.281 e. The first-order valence-corrected chi connectivity index (χ1v) is 8.83. The van der Waals surface area contributed by atoms with Gasteiger partial charge in [-0.25, -0.2) is 0 Å². The van der Waals surface area contributed by atoms with Gasteiger partial charge >= 0.3 is 0 Å². The van der Waals surface area contributed by atoms with E-state index < -0.39 is 0 Å². The summed E-state index contributed by atoms with van der Waals surface area (Å²) in [5, 5.41) is 2.83. The first-order chi connectivity index (χ1) is 12.9. The molecule has 2 aromatic rings. The Hall–Kier alpha value is -3.18. The van der Waals surface area contributed by atoms with Crippen LogP contribution in [0.5, 0.6) is 11.5 Å². The minimum atomic E-state index is -0.389. The molecule has 0 spiro atoms. The fourth-order valence-corrected chi connectivity index (χ4v) is 2.89. The number of aromatic nitrogens is 2. The van der Waals surface area contributed by atoms with Crippen LogP contribution in [0.25, 0.3) is 6.08 Å². The zero-order chi connectivity index (χ0) is 19.7. The highest BCUT2D eigenvalue weighted by atomic mass is 16.5. The van der Waals surface area contributed by atoms with Crippen LogP contribution in [0.1, 0.15) is 36.8 Å². The third kappa shape index (κ3) is 3.29. The number of anilines is 1. The Bertz CT molecular complexity index is 1010. The van der Waals surface area contributed by atoms with Crippen LogP contribution in [-0.2, 0) is 0 Å². The second-order valence-electron chi connectivity index (χ2n) is 6.56. The standard InChI is InChI=1S/C20H23N3O4/c1-6-22-16-11-14(26-5)7-9-17(16)27-18(22)10-8-15-13(4)21-23(20(15)25)19(24)12(2)3/h7-9,11-12,21H,6H2,1-5H3. The topological polar surface area (TPSA) is 76.6 Å². The third-order valence-corrected chi connectivity index (χ3v) is 4.40. The number of H-pyrrole nitrogens is 1. The molecule has 1 aromatic carbocycles. The lowest BCUT2D eigenvalue weighted by molar-refractivity contribution is 0.0834. The highest BCUT2D eigenvalue weighted by molar-refractivity contribution is 5.80. The number of carbonyl (C=O) groups is 1. The number of carbonyl (C=O) groups excluding carboxylic acids is 1. The zero-order valence-electron chi connectivity index (χ0n) is 16.1. The number of nitrogens with zero attached hydrogens (tertiary/aromatic N) is 2. The van der Waals surface area contributed by atoms with Gasteiger partial charge in [0.25, 0.3) is 11.5 Å². The van der Waals surface area contributed by atoms with Gasteiger partial charge in [-0.15, -0.1) is 0 Å². The molecule has 142 valence electrons. The fraction of sp³-hybridized carbons (Fsp3) is 0.350. The fourth-order valence-electron chi connectivity index (χ4n) is 2.89. The number of nitrogens with one attached hydrogen (secondary N) is 1. The molecule has 0 atom stereocenters. The molecule has 0 aliphatic carbocycles. The molecule has 7 heteroatoms. The molecule has 3 rings (SSSR count). The van der Waals surface area contributed by atoms with Gasteiger partial charge < -0.3 is 14.4 Å². The van der Waals surface area contributed by atoms with Crippen LogP contribution in [0.2, 0.25) is 0 Å². The molecular formula is C20H23N3O4. The van der Waals surface area contributed by atoms with Crippen LogP contribution in [-0.4, -0.2) is 29.3 Å². The number of aryl methyl sites for hydroxylation is 1. The lowest BCUT2D eigenvalue weighted by Crippen LogP contribution is -2.28. The van der Waals surface area contributed by atoms with Crippen molar-refractivity contribution >= 4 is 17.7 Å². The molecule has 1 aliphatic rings. The number of hydrogen-bond acceptors (Lipinski definition) is 5. The second kappa shape index (κ2) is 7.21. The van der Waals surface area contributed by atoms with Crippen LogP contribution >= 0.6 is 0 Å². The van der Waals surface area contributed by atoms with Crippen molar-refractivity contribution < 1.29 is 14.3 Å². The predicted octanol–water partition coefficient (Wildman–Crippen LogP) is 3.16. The number of benzene rings is 1. The SMILES string of the molecule is CCN1C(=C=Cc2c(C)[nH]n(C(=O)C(C)C)c2=O)Oc2ccc(OC)cc21. The van der Waals surface area contributed by atoms with E-state index in [-0.39, 0.29) is 17.4 Å². The molecule has 2 heterocycles. The van der Waals surface area contributed by atoms with E-state index in [4.69, 9.17) is 9.47 Å². The Labute approximate surface area is 157 Å². The Morgan fingerprint density at radius 3 is 2.78 bits per heavy atom. The minimum Gasteiger partial charge on any atom is -0.497 e. The van der Waals surface area contributed by atoms with Crippen molar-refractivity contribution in [2.75, 3.05) is 18.6 Å². The summed E-state index contributed by atoms with van der Waals surface area (Å²) < 4.78 is 12.2. The lowest BCUT2D eigenvalue weighted by Gasteiger charge is -2.14. The molecule has 0 saturated heterocycles. The zero-order valence-corrected chi connectivity index (χ0v) is 16.1. The normalized spacial score (nSPS) is 12.7. The molecule has 1 aromatic heterocycles. The lowest BCUT2D eigenvalue weighted by atomic mass is 10.2. The van der Waals surface area contributed by atoms with E-state index in [0.29, 0.717) is 29.4 Å². The van der Waals surface area contributed by atoms with Gasteiger partial charge in [-0.05, 0) is 26.0 Å². The van der Waals surface area contributed by atoms with Gasteiger partial charge in [0.1, 0.15) is 5.75 Å². The van der Waals surface area contributed by atoms with Crippen molar-refractivity contribution in [2.45, 2.75) is 27.7 Å². The average Bonchev–Trinajstić information content (AvgIpc) is 3.14. The summed E-state index contributed by atoms with van der Waals surface area (Å²) >= 11 is 0. The maximum Gasteiger partial charge on any atom is 0.281 e. The van der Waals surface area contributed by atoms with Crippen molar-refractivity contribution in [3.63, 3.8) is 0 Å². The summed E-state index contributed by atoms with van der Waals surface area (Å²) in [4.78, 5) is 26.6. The van der Waals surface area contributed by atoms with Gasteiger partial charge in [0.15, 0.2) is 5.75 Å². The Morgan fingerprint density at radius 1 is 1.41 bits per heavy atom. The van der Waals surface area contributed by atoms with Gasteiger partial charge in [0.2, 0.25) is 5.88 Å². The molecule has 1 N–H and O–H groups in total. The van der Waals surface area contributed by atoms with Crippen LogP contribution < -0.4 is 19.9 Å². The maximum absolute atomic E-state index is 12.6. The summed E-state index contributed by atoms with van der Waals surface area (Å²) in [6, 6.07) is 5.55. The van der Waals surface area contributed by atoms with Crippen LogP contribution in [0.4, 0.5) is 5.69 Å². The van der Waals surface area contributed by atoms with E-state index in [1.807, 2.05) is 30.0 Å². The molecule has 0 radical (unpaired) electrons. The number of rotatable bonds is 4. The average molecular weight is 369 g/mol. The summed E-state index contributed by atoms with van der Waals surface area (Å²) in [5.74, 6) is 1.36. The molecule has 0 fully saturated rings. The number of hydrogen-bond donors (Lipinski definition) is 1. The van der Waals surface area contributed by atoms with E-state index in [9.17, 15) is 9.59 Å². The van der Waals surface area contributed by atoms with Crippen LogP contribution in [0.3, 0.4) is 0 Å². The van der Waals surface area contributed by atoms with E-state index in [2.05, 4.69) is 10.8 Å². The first-order valence-electron chi connectivity index (χ1n) is 8.83. The Morgan fingerprint density at radius 2 is 2.15 bits per heavy atom. The third-order valence-electron chi connectivity index (χ3n) is 4.40. The minimum absolute atomic E-state index is 0.276. The van der Waals surface area contributed by atoms with E-state index in [1.54, 1.807) is 34.0 Å². The molecule has 27 heavy (non-hydrogen) atoms. The highest BCUT2D eigenvalue weighted by Crippen LogP contribution is 2.40. The summed E-state index contributed by atoms with van der Waals surface area (Å²) in [6.07, 6.45) is 1.55.